The Bertz CT molecular complexity index is 329. The van der Waals surface area contributed by atoms with Crippen LogP contribution in [0.3, 0.4) is 0 Å². The molecule has 3 heteroatoms. The molecule has 1 unspecified atom stereocenters. The first-order valence-corrected chi connectivity index (χ1v) is 6.19. The van der Waals surface area contributed by atoms with Crippen LogP contribution in [0.25, 0.3) is 5.57 Å². The van der Waals surface area contributed by atoms with Gasteiger partial charge in [-0.05, 0) is 46.1 Å². The van der Waals surface area contributed by atoms with Gasteiger partial charge in [0.05, 0.1) is 0 Å². The molecule has 0 radical (unpaired) electrons. The van der Waals surface area contributed by atoms with Crippen LogP contribution in [0.15, 0.2) is 21.3 Å². The summed E-state index contributed by atoms with van der Waals surface area (Å²) in [7, 11) is 0. The number of nitrogens with two attached hydrogens (primary N) is 1. The van der Waals surface area contributed by atoms with E-state index in [1.54, 1.807) is 11.3 Å². The Morgan fingerprint density at radius 3 is 2.92 bits per heavy atom. The Kier molecular flexibility index (Phi) is 2.86. The summed E-state index contributed by atoms with van der Waals surface area (Å²) in [6.45, 7) is 0. The van der Waals surface area contributed by atoms with Crippen molar-refractivity contribution in [2.24, 2.45) is 5.73 Å². The van der Waals surface area contributed by atoms with Gasteiger partial charge in [-0.1, -0.05) is 6.08 Å². The van der Waals surface area contributed by atoms with E-state index in [1.165, 1.54) is 28.5 Å². The van der Waals surface area contributed by atoms with Crippen molar-refractivity contribution in [2.75, 3.05) is 0 Å². The van der Waals surface area contributed by atoms with Crippen molar-refractivity contribution < 1.29 is 0 Å². The van der Waals surface area contributed by atoms with Crippen molar-refractivity contribution in [1.82, 2.24) is 0 Å². The van der Waals surface area contributed by atoms with Gasteiger partial charge in [0.1, 0.15) is 0 Å². The van der Waals surface area contributed by atoms with Gasteiger partial charge in [-0.25, -0.2) is 0 Å². The third-order valence-corrected chi connectivity index (χ3v) is 4.06. The summed E-state index contributed by atoms with van der Waals surface area (Å²) >= 11 is 5.28. The molecule has 1 heterocycles. The van der Waals surface area contributed by atoms with Crippen molar-refractivity contribution >= 4 is 32.8 Å². The normalized spacial score (nSPS) is 22.9. The smallest absolute Gasteiger partial charge is 0.0357 e. The fourth-order valence-electron chi connectivity index (χ4n) is 1.69. The largest absolute Gasteiger partial charge is 0.324 e. The van der Waals surface area contributed by atoms with Gasteiger partial charge in [0.2, 0.25) is 0 Å². The summed E-state index contributed by atoms with van der Waals surface area (Å²) < 4.78 is 1.21. The highest BCUT2D eigenvalue weighted by Crippen LogP contribution is 2.33. The van der Waals surface area contributed by atoms with E-state index in [0.717, 1.165) is 6.42 Å². The predicted octanol–water partition coefficient (Wildman–Crippen LogP) is 3.41. The monoisotopic (exact) mass is 257 g/mol. The number of rotatable bonds is 1. The SMILES string of the molecule is NC1C=C(c2cscc2Br)CCC1. The van der Waals surface area contributed by atoms with Crippen LogP contribution < -0.4 is 5.73 Å². The molecule has 0 fully saturated rings. The van der Waals surface area contributed by atoms with Gasteiger partial charge in [0.25, 0.3) is 0 Å². The zero-order chi connectivity index (χ0) is 9.26. The Labute approximate surface area is 90.8 Å². The molecule has 0 bridgehead atoms. The molecule has 1 aromatic rings. The van der Waals surface area contributed by atoms with E-state index in [9.17, 15) is 0 Å². The average Bonchev–Trinajstić information content (AvgIpc) is 2.51. The van der Waals surface area contributed by atoms with Crippen LogP contribution in [0.1, 0.15) is 24.8 Å². The zero-order valence-corrected chi connectivity index (χ0v) is 9.70. The molecule has 2 rings (SSSR count). The van der Waals surface area contributed by atoms with E-state index in [4.69, 9.17) is 5.73 Å². The Hall–Kier alpha value is -0.120. The standard InChI is InChI=1S/C10H12BrNS/c11-10-6-13-5-9(10)7-2-1-3-8(12)4-7/h4-6,8H,1-3,12H2. The molecule has 1 atom stereocenters. The fraction of sp³-hybridized carbons (Fsp3) is 0.400. The van der Waals surface area contributed by atoms with Crippen LogP contribution in [0.5, 0.6) is 0 Å². The van der Waals surface area contributed by atoms with E-state index in [-0.39, 0.29) is 6.04 Å². The minimum absolute atomic E-state index is 0.260. The van der Waals surface area contributed by atoms with E-state index < -0.39 is 0 Å². The molecule has 0 saturated carbocycles. The van der Waals surface area contributed by atoms with Crippen molar-refractivity contribution in [3.8, 4) is 0 Å². The van der Waals surface area contributed by atoms with Gasteiger partial charge in [-0.3, -0.25) is 0 Å². The molecule has 0 spiro atoms. The first kappa shape index (κ1) is 9.44. The molecule has 0 aromatic carbocycles. The van der Waals surface area contributed by atoms with Crippen LogP contribution >= 0.6 is 27.3 Å². The lowest BCUT2D eigenvalue weighted by Gasteiger charge is -2.17. The van der Waals surface area contributed by atoms with Crippen molar-refractivity contribution in [3.05, 3.63) is 26.9 Å². The maximum atomic E-state index is 5.89. The third-order valence-electron chi connectivity index (χ3n) is 2.36. The second-order valence-corrected chi connectivity index (χ2v) is 4.98. The third kappa shape index (κ3) is 2.03. The maximum absolute atomic E-state index is 5.89. The Morgan fingerprint density at radius 2 is 2.31 bits per heavy atom. The lowest BCUT2D eigenvalue weighted by atomic mass is 9.93. The first-order chi connectivity index (χ1) is 6.27. The summed E-state index contributed by atoms with van der Waals surface area (Å²) in [4.78, 5) is 0. The van der Waals surface area contributed by atoms with Crippen molar-refractivity contribution in [2.45, 2.75) is 25.3 Å². The van der Waals surface area contributed by atoms with Crippen LogP contribution in [0.4, 0.5) is 0 Å². The molecule has 1 nitrogen and oxygen atoms in total. The molecule has 1 aromatic heterocycles. The molecular formula is C10H12BrNS. The molecule has 0 aliphatic heterocycles. The predicted molar refractivity (Wildman–Crippen MR) is 61.8 cm³/mol. The van der Waals surface area contributed by atoms with E-state index in [1.807, 2.05) is 0 Å². The van der Waals surface area contributed by atoms with Gasteiger partial charge < -0.3 is 5.73 Å². The number of hydrogen-bond acceptors (Lipinski definition) is 2. The van der Waals surface area contributed by atoms with Gasteiger partial charge in [0.15, 0.2) is 0 Å². The zero-order valence-electron chi connectivity index (χ0n) is 7.29. The second-order valence-electron chi connectivity index (χ2n) is 3.38. The number of halogens is 1. The Balaban J connectivity index is 2.30. The highest BCUT2D eigenvalue weighted by atomic mass is 79.9. The molecule has 2 N–H and O–H groups in total. The number of thiophene rings is 1. The van der Waals surface area contributed by atoms with E-state index >= 15 is 0 Å². The first-order valence-electron chi connectivity index (χ1n) is 4.45. The molecule has 1 aliphatic rings. The topological polar surface area (TPSA) is 26.0 Å². The van der Waals surface area contributed by atoms with Gasteiger partial charge >= 0.3 is 0 Å². The van der Waals surface area contributed by atoms with Crippen LogP contribution in [0, 0.1) is 0 Å². The molecule has 13 heavy (non-hydrogen) atoms. The van der Waals surface area contributed by atoms with E-state index in [0.29, 0.717) is 0 Å². The summed E-state index contributed by atoms with van der Waals surface area (Å²) in [5.74, 6) is 0. The van der Waals surface area contributed by atoms with Gasteiger partial charge in [-0.2, -0.15) is 11.3 Å². The van der Waals surface area contributed by atoms with E-state index in [2.05, 4.69) is 32.8 Å². The maximum Gasteiger partial charge on any atom is 0.0357 e. The molecule has 70 valence electrons. The van der Waals surface area contributed by atoms with Crippen molar-refractivity contribution in [1.29, 1.82) is 0 Å². The van der Waals surface area contributed by atoms with Crippen LogP contribution in [0.2, 0.25) is 0 Å². The number of allylic oxidation sites excluding steroid dienone is 1. The molecule has 0 saturated heterocycles. The lowest BCUT2D eigenvalue weighted by Crippen LogP contribution is -2.19. The molecule has 1 aliphatic carbocycles. The average molecular weight is 258 g/mol. The molecule has 0 amide bonds. The minimum Gasteiger partial charge on any atom is -0.324 e. The minimum atomic E-state index is 0.260. The van der Waals surface area contributed by atoms with Crippen LogP contribution in [-0.2, 0) is 0 Å². The van der Waals surface area contributed by atoms with Crippen LogP contribution in [-0.4, -0.2) is 6.04 Å². The summed E-state index contributed by atoms with van der Waals surface area (Å²) in [5, 5.41) is 4.31. The summed E-state index contributed by atoms with van der Waals surface area (Å²) in [6.07, 6.45) is 5.72. The summed E-state index contributed by atoms with van der Waals surface area (Å²) in [6, 6.07) is 0.260. The number of hydrogen-bond donors (Lipinski definition) is 1. The summed E-state index contributed by atoms with van der Waals surface area (Å²) in [5.41, 5.74) is 8.64. The highest BCUT2D eigenvalue weighted by molar-refractivity contribution is 9.10. The quantitative estimate of drug-likeness (QED) is 0.820. The fourth-order valence-corrected chi connectivity index (χ4v) is 3.26. The van der Waals surface area contributed by atoms with Gasteiger partial charge in [0, 0.05) is 21.5 Å². The van der Waals surface area contributed by atoms with Crippen molar-refractivity contribution in [3.63, 3.8) is 0 Å². The lowest BCUT2D eigenvalue weighted by molar-refractivity contribution is 0.654. The van der Waals surface area contributed by atoms with Gasteiger partial charge in [-0.15, -0.1) is 0 Å². The Morgan fingerprint density at radius 1 is 1.46 bits per heavy atom. The highest BCUT2D eigenvalue weighted by Gasteiger charge is 2.13. The molecular weight excluding hydrogens is 246 g/mol. The second kappa shape index (κ2) is 3.95.